The number of hydrogen-bond acceptors (Lipinski definition) is 7. The number of aromatic amines is 1. The maximum atomic E-state index is 10.5. The van der Waals surface area contributed by atoms with Gasteiger partial charge in [-0.25, -0.2) is 14.5 Å². The van der Waals surface area contributed by atoms with Gasteiger partial charge in [-0.15, -0.1) is 5.10 Å². The Balaban J connectivity index is 1.28. The van der Waals surface area contributed by atoms with Crippen molar-refractivity contribution >= 4 is 21.4 Å². The van der Waals surface area contributed by atoms with Crippen LogP contribution in [0.2, 0.25) is 0 Å². The van der Waals surface area contributed by atoms with Gasteiger partial charge < -0.3 is 15.0 Å². The number of hydrogen-bond donors (Lipinski definition) is 2. The van der Waals surface area contributed by atoms with E-state index in [-0.39, 0.29) is 5.92 Å². The second-order valence-electron chi connectivity index (χ2n) is 6.72. The van der Waals surface area contributed by atoms with Gasteiger partial charge in [0.15, 0.2) is 0 Å². The molecule has 2 N–H and O–H groups in total. The summed E-state index contributed by atoms with van der Waals surface area (Å²) < 4.78 is 1.84. The molecule has 0 bridgehead atoms. The van der Waals surface area contributed by atoms with E-state index >= 15 is 0 Å². The summed E-state index contributed by atoms with van der Waals surface area (Å²) in [5.74, 6) is 0.873. The van der Waals surface area contributed by atoms with E-state index in [1.165, 1.54) is 0 Å². The summed E-state index contributed by atoms with van der Waals surface area (Å²) in [4.78, 5) is 19.2. The van der Waals surface area contributed by atoms with Crippen molar-refractivity contribution in [3.8, 4) is 11.3 Å². The number of fused-ring (bicyclic) bond motifs is 1. The fourth-order valence-electron chi connectivity index (χ4n) is 3.54. The highest BCUT2D eigenvalue weighted by atomic mass is 32.1. The van der Waals surface area contributed by atoms with Crippen LogP contribution in [0.15, 0.2) is 43.1 Å². The largest absolute Gasteiger partial charge is 0.385 e. The SMILES string of the molecule is OC(c1ncc[nH]1)C1CCN(c2nn3cc(-c4cccnc4)nc3s2)CC1. The molecule has 0 spiro atoms. The number of anilines is 1. The first-order chi connectivity index (χ1) is 13.3. The molecule has 0 aromatic carbocycles. The van der Waals surface area contributed by atoms with Crippen LogP contribution in [0, 0.1) is 5.92 Å². The summed E-state index contributed by atoms with van der Waals surface area (Å²) in [5, 5.41) is 16.1. The van der Waals surface area contributed by atoms with Crippen LogP contribution in [-0.2, 0) is 0 Å². The Labute approximate surface area is 159 Å². The molecule has 27 heavy (non-hydrogen) atoms. The molecule has 0 aliphatic carbocycles. The van der Waals surface area contributed by atoms with Crippen LogP contribution in [0.25, 0.3) is 16.2 Å². The average Bonchev–Trinajstić information content (AvgIpc) is 3.44. The quantitative estimate of drug-likeness (QED) is 0.564. The molecule has 1 fully saturated rings. The van der Waals surface area contributed by atoms with E-state index in [1.807, 2.05) is 29.0 Å². The Morgan fingerprint density at radius 3 is 2.85 bits per heavy atom. The number of aliphatic hydroxyl groups is 1. The van der Waals surface area contributed by atoms with Crippen LogP contribution in [0.5, 0.6) is 0 Å². The molecule has 0 amide bonds. The van der Waals surface area contributed by atoms with Gasteiger partial charge in [0.25, 0.3) is 0 Å². The first-order valence-electron chi connectivity index (χ1n) is 8.97. The van der Waals surface area contributed by atoms with Crippen LogP contribution in [-0.4, -0.2) is 47.7 Å². The number of rotatable bonds is 4. The van der Waals surface area contributed by atoms with Crippen molar-refractivity contribution in [3.63, 3.8) is 0 Å². The monoisotopic (exact) mass is 381 g/mol. The van der Waals surface area contributed by atoms with Crippen LogP contribution >= 0.6 is 11.3 Å². The third kappa shape index (κ3) is 3.08. The number of aromatic nitrogens is 6. The highest BCUT2D eigenvalue weighted by Gasteiger charge is 2.29. The molecule has 1 unspecified atom stereocenters. The number of aliphatic hydroxyl groups excluding tert-OH is 1. The number of pyridine rings is 1. The first-order valence-corrected chi connectivity index (χ1v) is 9.78. The van der Waals surface area contributed by atoms with Gasteiger partial charge in [-0.2, -0.15) is 0 Å². The van der Waals surface area contributed by atoms with Gasteiger partial charge in [0.05, 0.1) is 11.9 Å². The number of H-pyrrole nitrogens is 1. The van der Waals surface area contributed by atoms with E-state index in [0.29, 0.717) is 5.82 Å². The molecule has 1 atom stereocenters. The first kappa shape index (κ1) is 16.4. The van der Waals surface area contributed by atoms with Gasteiger partial charge in [-0.05, 0) is 30.9 Å². The molecular weight excluding hydrogens is 362 g/mol. The van der Waals surface area contributed by atoms with E-state index in [9.17, 15) is 5.11 Å². The van der Waals surface area contributed by atoms with E-state index in [4.69, 9.17) is 5.10 Å². The lowest BCUT2D eigenvalue weighted by atomic mass is 9.91. The van der Waals surface area contributed by atoms with Crippen molar-refractivity contribution in [1.29, 1.82) is 0 Å². The van der Waals surface area contributed by atoms with Crippen LogP contribution in [0.3, 0.4) is 0 Å². The Hall–Kier alpha value is -2.78. The molecule has 5 rings (SSSR count). The minimum atomic E-state index is -0.530. The summed E-state index contributed by atoms with van der Waals surface area (Å²) in [6.45, 7) is 1.74. The standard InChI is InChI=1S/C18H19N7OS/c26-15(16-20-6-7-21-16)12-3-8-24(9-4-12)18-23-25-11-14(22-17(25)27-18)13-2-1-5-19-10-13/h1-2,5-7,10-12,15,26H,3-4,8-9H2,(H,20,21). The molecule has 5 heterocycles. The van der Waals surface area contributed by atoms with Crippen LogP contribution in [0.4, 0.5) is 5.13 Å². The summed E-state index contributed by atoms with van der Waals surface area (Å²) in [7, 11) is 0. The molecule has 4 aromatic rings. The Bertz CT molecular complexity index is 987. The summed E-state index contributed by atoms with van der Waals surface area (Å²) in [5.41, 5.74) is 1.87. The third-order valence-electron chi connectivity index (χ3n) is 5.05. The van der Waals surface area contributed by atoms with E-state index < -0.39 is 6.10 Å². The zero-order chi connectivity index (χ0) is 18.2. The maximum absolute atomic E-state index is 10.5. The maximum Gasteiger partial charge on any atom is 0.214 e. The van der Waals surface area contributed by atoms with Gasteiger partial charge in [-0.3, -0.25) is 4.98 Å². The number of imidazole rings is 2. The van der Waals surface area contributed by atoms with Crippen molar-refractivity contribution < 1.29 is 5.11 Å². The highest BCUT2D eigenvalue weighted by Crippen LogP contribution is 2.33. The van der Waals surface area contributed by atoms with Crippen molar-refractivity contribution in [2.75, 3.05) is 18.0 Å². The smallest absolute Gasteiger partial charge is 0.214 e. The minimum absolute atomic E-state index is 0.216. The van der Waals surface area contributed by atoms with Crippen molar-refractivity contribution in [2.24, 2.45) is 5.92 Å². The highest BCUT2D eigenvalue weighted by molar-refractivity contribution is 7.20. The molecular formula is C18H19N7OS. The second kappa shape index (κ2) is 6.75. The fraction of sp³-hybridized carbons (Fsp3) is 0.333. The van der Waals surface area contributed by atoms with Crippen LogP contribution < -0.4 is 4.90 Å². The minimum Gasteiger partial charge on any atom is -0.385 e. The van der Waals surface area contributed by atoms with Crippen LogP contribution in [0.1, 0.15) is 24.8 Å². The zero-order valence-corrected chi connectivity index (χ0v) is 15.4. The lowest BCUT2D eigenvalue weighted by molar-refractivity contribution is 0.0857. The van der Waals surface area contributed by atoms with Gasteiger partial charge in [0.2, 0.25) is 10.1 Å². The molecule has 138 valence electrons. The second-order valence-corrected chi connectivity index (χ2v) is 7.66. The van der Waals surface area contributed by atoms with E-state index in [0.717, 1.165) is 47.3 Å². The molecule has 0 radical (unpaired) electrons. The summed E-state index contributed by atoms with van der Waals surface area (Å²) >= 11 is 1.59. The molecule has 8 nitrogen and oxygen atoms in total. The molecule has 1 saturated heterocycles. The normalized spacial score (nSPS) is 16.9. The summed E-state index contributed by atoms with van der Waals surface area (Å²) in [6.07, 6.45) is 10.2. The van der Waals surface area contributed by atoms with Crippen molar-refractivity contribution in [3.05, 3.63) is 48.9 Å². The molecule has 4 aromatic heterocycles. The molecule has 0 saturated carbocycles. The number of piperidine rings is 1. The fourth-order valence-corrected chi connectivity index (χ4v) is 4.47. The predicted molar refractivity (Wildman–Crippen MR) is 103 cm³/mol. The van der Waals surface area contributed by atoms with E-state index in [2.05, 4.69) is 24.8 Å². The van der Waals surface area contributed by atoms with Crippen molar-refractivity contribution in [2.45, 2.75) is 18.9 Å². The Kier molecular flexibility index (Phi) is 4.10. The molecule has 1 aliphatic heterocycles. The molecule has 1 aliphatic rings. The van der Waals surface area contributed by atoms with Gasteiger partial charge >= 0.3 is 0 Å². The number of nitrogens with one attached hydrogen (secondary N) is 1. The summed E-state index contributed by atoms with van der Waals surface area (Å²) in [6, 6.07) is 3.90. The third-order valence-corrected chi connectivity index (χ3v) is 6.03. The van der Waals surface area contributed by atoms with Gasteiger partial charge in [0.1, 0.15) is 11.9 Å². The lowest BCUT2D eigenvalue weighted by Gasteiger charge is -2.33. The topological polar surface area (TPSA) is 95.2 Å². The van der Waals surface area contributed by atoms with Crippen molar-refractivity contribution in [1.82, 2.24) is 29.5 Å². The number of nitrogens with zero attached hydrogens (tertiary/aromatic N) is 6. The van der Waals surface area contributed by atoms with Gasteiger partial charge in [0, 0.05) is 43.4 Å². The lowest BCUT2D eigenvalue weighted by Crippen LogP contribution is -2.35. The Morgan fingerprint density at radius 2 is 2.15 bits per heavy atom. The van der Waals surface area contributed by atoms with Gasteiger partial charge in [-0.1, -0.05) is 11.3 Å². The van der Waals surface area contributed by atoms with E-state index in [1.54, 1.807) is 29.9 Å². The Morgan fingerprint density at radius 1 is 1.26 bits per heavy atom. The zero-order valence-electron chi connectivity index (χ0n) is 14.6. The average molecular weight is 381 g/mol. The molecule has 9 heteroatoms. The predicted octanol–water partition coefficient (Wildman–Crippen LogP) is 2.53.